The first-order valence-corrected chi connectivity index (χ1v) is 5.70. The highest BCUT2D eigenvalue weighted by Crippen LogP contribution is 2.33. The molecule has 0 unspecified atom stereocenters. The first-order valence-electron chi connectivity index (χ1n) is 4.95. The highest BCUT2D eigenvalue weighted by Gasteiger charge is 2.10. The van der Waals surface area contributed by atoms with Gasteiger partial charge in [0.05, 0.1) is 12.8 Å². The standard InChI is InChI=1S/C12H10Cl2N2O/c1-7-5-11(17-2)8(6-9(7)13)10-3-4-15-12(14)16-10/h3-6H,1-2H3. The van der Waals surface area contributed by atoms with Crippen LogP contribution in [0.25, 0.3) is 11.3 Å². The minimum absolute atomic E-state index is 0.196. The summed E-state index contributed by atoms with van der Waals surface area (Å²) in [5.74, 6) is 0.710. The maximum absolute atomic E-state index is 6.10. The molecule has 88 valence electrons. The molecule has 0 saturated heterocycles. The van der Waals surface area contributed by atoms with Gasteiger partial charge in [-0.15, -0.1) is 0 Å². The lowest BCUT2D eigenvalue weighted by Crippen LogP contribution is -1.93. The summed E-state index contributed by atoms with van der Waals surface area (Å²) >= 11 is 11.9. The average molecular weight is 269 g/mol. The first-order chi connectivity index (χ1) is 8.11. The van der Waals surface area contributed by atoms with E-state index in [1.54, 1.807) is 19.4 Å². The predicted octanol–water partition coefficient (Wildman–Crippen LogP) is 3.77. The summed E-state index contributed by atoms with van der Waals surface area (Å²) in [6, 6.07) is 5.44. The fourth-order valence-corrected chi connectivity index (χ4v) is 1.82. The van der Waals surface area contributed by atoms with E-state index in [2.05, 4.69) is 9.97 Å². The lowest BCUT2D eigenvalue weighted by Gasteiger charge is -2.10. The predicted molar refractivity (Wildman–Crippen MR) is 68.8 cm³/mol. The Morgan fingerprint density at radius 2 is 2.00 bits per heavy atom. The lowest BCUT2D eigenvalue weighted by atomic mass is 10.1. The minimum atomic E-state index is 0.196. The number of rotatable bonds is 2. The van der Waals surface area contributed by atoms with Crippen molar-refractivity contribution < 1.29 is 4.74 Å². The molecule has 0 aliphatic rings. The fraction of sp³-hybridized carbons (Fsp3) is 0.167. The van der Waals surface area contributed by atoms with Crippen molar-refractivity contribution in [1.82, 2.24) is 9.97 Å². The number of hydrogen-bond donors (Lipinski definition) is 0. The molecule has 0 aliphatic carbocycles. The molecule has 1 aromatic heterocycles. The van der Waals surface area contributed by atoms with Gasteiger partial charge in [-0.1, -0.05) is 11.6 Å². The molecule has 0 bridgehead atoms. The smallest absolute Gasteiger partial charge is 0.222 e. The van der Waals surface area contributed by atoms with Gasteiger partial charge in [-0.2, -0.15) is 0 Å². The van der Waals surface area contributed by atoms with Crippen LogP contribution in [0.15, 0.2) is 24.4 Å². The summed E-state index contributed by atoms with van der Waals surface area (Å²) in [4.78, 5) is 7.98. The highest BCUT2D eigenvalue weighted by molar-refractivity contribution is 6.31. The van der Waals surface area contributed by atoms with Crippen LogP contribution in [0, 0.1) is 6.92 Å². The molecular weight excluding hydrogens is 259 g/mol. The van der Waals surface area contributed by atoms with Crippen LogP contribution in [0.1, 0.15) is 5.56 Å². The van der Waals surface area contributed by atoms with E-state index >= 15 is 0 Å². The molecule has 1 aromatic carbocycles. The van der Waals surface area contributed by atoms with Gasteiger partial charge in [-0.3, -0.25) is 0 Å². The number of methoxy groups -OCH3 is 1. The van der Waals surface area contributed by atoms with Crippen LogP contribution in [0.2, 0.25) is 10.3 Å². The number of benzene rings is 1. The molecule has 1 heterocycles. The largest absolute Gasteiger partial charge is 0.496 e. The molecular formula is C12H10Cl2N2O. The van der Waals surface area contributed by atoms with Crippen molar-refractivity contribution in [2.24, 2.45) is 0 Å². The summed E-state index contributed by atoms with van der Waals surface area (Å²) in [5, 5.41) is 0.858. The van der Waals surface area contributed by atoms with Crippen molar-refractivity contribution in [3.63, 3.8) is 0 Å². The zero-order chi connectivity index (χ0) is 12.4. The molecule has 0 fully saturated rings. The minimum Gasteiger partial charge on any atom is -0.496 e. The van der Waals surface area contributed by atoms with E-state index in [1.807, 2.05) is 19.1 Å². The molecule has 0 atom stereocenters. The van der Waals surface area contributed by atoms with E-state index < -0.39 is 0 Å². The summed E-state index contributed by atoms with van der Waals surface area (Å²) in [7, 11) is 1.61. The summed E-state index contributed by atoms with van der Waals surface area (Å²) < 4.78 is 5.31. The van der Waals surface area contributed by atoms with Crippen LogP contribution in [-0.2, 0) is 0 Å². The molecule has 2 rings (SSSR count). The number of halogens is 2. The van der Waals surface area contributed by atoms with Gasteiger partial charge in [-0.25, -0.2) is 9.97 Å². The third-order valence-electron chi connectivity index (χ3n) is 2.38. The average Bonchev–Trinajstić information content (AvgIpc) is 2.32. The molecule has 0 aliphatic heterocycles. The number of aromatic nitrogens is 2. The van der Waals surface area contributed by atoms with Gasteiger partial charge in [0.2, 0.25) is 5.28 Å². The lowest BCUT2D eigenvalue weighted by molar-refractivity contribution is 0.416. The summed E-state index contributed by atoms with van der Waals surface area (Å²) in [6.07, 6.45) is 1.60. The molecule has 0 N–H and O–H groups in total. The molecule has 5 heteroatoms. The first kappa shape index (κ1) is 12.1. The van der Waals surface area contributed by atoms with E-state index in [1.165, 1.54) is 0 Å². The highest BCUT2D eigenvalue weighted by atomic mass is 35.5. The van der Waals surface area contributed by atoms with E-state index in [0.29, 0.717) is 16.5 Å². The van der Waals surface area contributed by atoms with Gasteiger partial charge >= 0.3 is 0 Å². The number of hydrogen-bond acceptors (Lipinski definition) is 3. The van der Waals surface area contributed by atoms with E-state index in [9.17, 15) is 0 Å². The Labute approximate surface area is 109 Å². The van der Waals surface area contributed by atoms with Gasteiger partial charge in [0.15, 0.2) is 0 Å². The molecule has 0 spiro atoms. The van der Waals surface area contributed by atoms with Crippen LogP contribution in [0.5, 0.6) is 5.75 Å². The van der Waals surface area contributed by atoms with Crippen molar-refractivity contribution in [2.45, 2.75) is 6.92 Å². The van der Waals surface area contributed by atoms with Gasteiger partial charge in [0, 0.05) is 16.8 Å². The zero-order valence-corrected chi connectivity index (χ0v) is 10.9. The zero-order valence-electron chi connectivity index (χ0n) is 9.37. The molecule has 0 amide bonds. The van der Waals surface area contributed by atoms with E-state index in [4.69, 9.17) is 27.9 Å². The Balaban J connectivity index is 2.62. The summed E-state index contributed by atoms with van der Waals surface area (Å²) in [6.45, 7) is 1.92. The summed E-state index contributed by atoms with van der Waals surface area (Å²) in [5.41, 5.74) is 2.43. The van der Waals surface area contributed by atoms with Crippen LogP contribution >= 0.6 is 23.2 Å². The Kier molecular flexibility index (Phi) is 3.50. The maximum atomic E-state index is 6.10. The molecule has 3 nitrogen and oxygen atoms in total. The third-order valence-corrected chi connectivity index (χ3v) is 2.97. The Hall–Kier alpha value is -1.32. The van der Waals surface area contributed by atoms with Crippen molar-refractivity contribution in [3.05, 3.63) is 40.3 Å². The van der Waals surface area contributed by atoms with E-state index in [-0.39, 0.29) is 5.28 Å². The second-order valence-corrected chi connectivity index (χ2v) is 4.26. The van der Waals surface area contributed by atoms with Gasteiger partial charge < -0.3 is 4.74 Å². The quantitative estimate of drug-likeness (QED) is 0.778. The van der Waals surface area contributed by atoms with Crippen LogP contribution < -0.4 is 4.74 Å². The van der Waals surface area contributed by atoms with Crippen molar-refractivity contribution >= 4 is 23.2 Å². The normalized spacial score (nSPS) is 10.4. The van der Waals surface area contributed by atoms with E-state index in [0.717, 1.165) is 11.1 Å². The molecule has 0 saturated carbocycles. The number of ether oxygens (including phenoxy) is 1. The maximum Gasteiger partial charge on any atom is 0.222 e. The fourth-order valence-electron chi connectivity index (χ4n) is 1.51. The van der Waals surface area contributed by atoms with Gasteiger partial charge in [-0.05, 0) is 42.3 Å². The molecule has 2 aromatic rings. The van der Waals surface area contributed by atoms with Crippen LogP contribution in [0.3, 0.4) is 0 Å². The van der Waals surface area contributed by atoms with Gasteiger partial charge in [0.1, 0.15) is 5.75 Å². The molecule has 17 heavy (non-hydrogen) atoms. The SMILES string of the molecule is COc1cc(C)c(Cl)cc1-c1ccnc(Cl)n1. The number of aryl methyl sites for hydroxylation is 1. The number of nitrogens with zero attached hydrogens (tertiary/aromatic N) is 2. The second kappa shape index (κ2) is 4.90. The van der Waals surface area contributed by atoms with Crippen molar-refractivity contribution in [2.75, 3.05) is 7.11 Å². The Morgan fingerprint density at radius 1 is 1.24 bits per heavy atom. The molecule has 0 radical (unpaired) electrons. The topological polar surface area (TPSA) is 35.0 Å². The Bertz CT molecular complexity index is 558. The van der Waals surface area contributed by atoms with Crippen molar-refractivity contribution in [3.8, 4) is 17.0 Å². The van der Waals surface area contributed by atoms with Gasteiger partial charge in [0.25, 0.3) is 0 Å². The monoisotopic (exact) mass is 268 g/mol. The van der Waals surface area contributed by atoms with Crippen molar-refractivity contribution in [1.29, 1.82) is 0 Å². The van der Waals surface area contributed by atoms with Crippen LogP contribution in [-0.4, -0.2) is 17.1 Å². The Morgan fingerprint density at radius 3 is 2.65 bits per heavy atom. The third kappa shape index (κ3) is 2.51. The van der Waals surface area contributed by atoms with Crippen LogP contribution in [0.4, 0.5) is 0 Å². The second-order valence-electron chi connectivity index (χ2n) is 3.51.